The van der Waals surface area contributed by atoms with Gasteiger partial charge in [-0.15, -0.1) is 0 Å². The third-order valence-electron chi connectivity index (χ3n) is 4.29. The Bertz CT molecular complexity index is 310. The topological polar surface area (TPSA) is 57.6 Å². The van der Waals surface area contributed by atoms with Crippen molar-refractivity contribution >= 4 is 11.9 Å². The Hall–Kier alpha value is -1.06. The van der Waals surface area contributed by atoms with Crippen molar-refractivity contribution in [1.82, 2.24) is 4.90 Å². The molecule has 1 N–H and O–H groups in total. The number of hydrogen-bond acceptors (Lipinski definition) is 2. The lowest BCUT2D eigenvalue weighted by atomic mass is 9.95. The van der Waals surface area contributed by atoms with E-state index in [2.05, 4.69) is 6.92 Å². The molecular formula is C13H21NO3. The summed E-state index contributed by atoms with van der Waals surface area (Å²) in [5.74, 6) is -1.01. The molecule has 1 amide bonds. The van der Waals surface area contributed by atoms with Crippen LogP contribution in [0.25, 0.3) is 0 Å². The van der Waals surface area contributed by atoms with E-state index in [0.29, 0.717) is 12.3 Å². The van der Waals surface area contributed by atoms with E-state index < -0.39 is 11.9 Å². The summed E-state index contributed by atoms with van der Waals surface area (Å²) in [6.45, 7) is 3.71. The largest absolute Gasteiger partial charge is 0.481 e. The molecule has 96 valence electrons. The van der Waals surface area contributed by atoms with Crippen LogP contribution in [0.15, 0.2) is 0 Å². The highest BCUT2D eigenvalue weighted by atomic mass is 16.4. The maximum absolute atomic E-state index is 12.3. The van der Waals surface area contributed by atoms with Crippen molar-refractivity contribution in [2.75, 3.05) is 13.1 Å². The molecule has 0 aromatic rings. The van der Waals surface area contributed by atoms with Crippen LogP contribution in [0, 0.1) is 17.8 Å². The third-order valence-corrected chi connectivity index (χ3v) is 4.29. The monoisotopic (exact) mass is 239 g/mol. The maximum Gasteiger partial charge on any atom is 0.307 e. The Morgan fingerprint density at radius 3 is 2.29 bits per heavy atom. The number of carbonyl (C=O) groups excluding carboxylic acids is 1. The summed E-state index contributed by atoms with van der Waals surface area (Å²) in [6.07, 6.45) is 4.55. The van der Waals surface area contributed by atoms with Gasteiger partial charge in [0.1, 0.15) is 0 Å². The van der Waals surface area contributed by atoms with E-state index in [1.807, 2.05) is 4.90 Å². The molecule has 0 radical (unpaired) electrons. The van der Waals surface area contributed by atoms with Crippen molar-refractivity contribution < 1.29 is 14.7 Å². The van der Waals surface area contributed by atoms with Crippen LogP contribution in [0.2, 0.25) is 0 Å². The fraction of sp³-hybridized carbons (Fsp3) is 0.846. The first-order valence-electron chi connectivity index (χ1n) is 6.65. The van der Waals surface area contributed by atoms with Crippen LogP contribution in [0.1, 0.15) is 39.0 Å². The normalized spacial score (nSPS) is 33.0. The highest BCUT2D eigenvalue weighted by molar-refractivity contribution is 5.85. The van der Waals surface area contributed by atoms with Crippen LogP contribution in [0.3, 0.4) is 0 Å². The first kappa shape index (κ1) is 12.4. The number of likely N-dealkylation sites (tertiary alicyclic amines) is 1. The van der Waals surface area contributed by atoms with Gasteiger partial charge in [0.05, 0.1) is 11.8 Å². The molecule has 4 heteroatoms. The molecule has 2 rings (SSSR count). The minimum absolute atomic E-state index is 0.0888. The van der Waals surface area contributed by atoms with Crippen molar-refractivity contribution in [1.29, 1.82) is 0 Å². The van der Waals surface area contributed by atoms with Crippen molar-refractivity contribution in [2.45, 2.75) is 39.0 Å². The van der Waals surface area contributed by atoms with Gasteiger partial charge in [-0.2, -0.15) is 0 Å². The molecule has 0 aromatic carbocycles. The van der Waals surface area contributed by atoms with Gasteiger partial charge >= 0.3 is 5.97 Å². The zero-order valence-corrected chi connectivity index (χ0v) is 10.4. The summed E-state index contributed by atoms with van der Waals surface area (Å²) in [5.41, 5.74) is 0. The molecule has 1 saturated carbocycles. The second-order valence-electron chi connectivity index (χ2n) is 5.33. The predicted molar refractivity (Wildman–Crippen MR) is 63.4 cm³/mol. The van der Waals surface area contributed by atoms with E-state index in [1.54, 1.807) is 0 Å². The van der Waals surface area contributed by atoms with E-state index in [9.17, 15) is 14.7 Å². The van der Waals surface area contributed by atoms with Gasteiger partial charge in [0.15, 0.2) is 0 Å². The van der Waals surface area contributed by atoms with E-state index >= 15 is 0 Å². The fourth-order valence-corrected chi connectivity index (χ4v) is 3.19. The quantitative estimate of drug-likeness (QED) is 0.816. The van der Waals surface area contributed by atoms with Crippen molar-refractivity contribution in [3.05, 3.63) is 0 Å². The molecule has 4 nitrogen and oxygen atoms in total. The average Bonchev–Trinajstić information content (AvgIpc) is 2.97. The Morgan fingerprint density at radius 2 is 1.76 bits per heavy atom. The summed E-state index contributed by atoms with van der Waals surface area (Å²) in [5, 5.41) is 9.22. The molecule has 0 aromatic heterocycles. The molecule has 1 aliphatic heterocycles. The van der Waals surface area contributed by atoms with Crippen LogP contribution >= 0.6 is 0 Å². The lowest BCUT2D eigenvalue weighted by molar-refractivity contribution is -0.148. The lowest BCUT2D eigenvalue weighted by Crippen LogP contribution is -2.37. The summed E-state index contributed by atoms with van der Waals surface area (Å²) >= 11 is 0. The highest BCUT2D eigenvalue weighted by Crippen LogP contribution is 2.39. The molecule has 0 bridgehead atoms. The zero-order chi connectivity index (χ0) is 12.4. The minimum Gasteiger partial charge on any atom is -0.481 e. The Morgan fingerprint density at radius 1 is 1.18 bits per heavy atom. The van der Waals surface area contributed by atoms with E-state index in [-0.39, 0.29) is 11.8 Å². The van der Waals surface area contributed by atoms with Crippen LogP contribution in [-0.2, 0) is 9.59 Å². The molecule has 2 fully saturated rings. The van der Waals surface area contributed by atoms with Crippen molar-refractivity contribution in [2.24, 2.45) is 17.8 Å². The summed E-state index contributed by atoms with van der Waals surface area (Å²) in [4.78, 5) is 25.4. The highest BCUT2D eigenvalue weighted by Gasteiger charge is 2.43. The lowest BCUT2D eigenvalue weighted by Gasteiger charge is -2.22. The van der Waals surface area contributed by atoms with Gasteiger partial charge in [0.2, 0.25) is 5.91 Å². The third kappa shape index (κ3) is 2.45. The van der Waals surface area contributed by atoms with E-state index in [1.165, 1.54) is 0 Å². The fourth-order valence-electron chi connectivity index (χ4n) is 3.19. The predicted octanol–water partition coefficient (Wildman–Crippen LogP) is 1.75. The van der Waals surface area contributed by atoms with Gasteiger partial charge in [0.25, 0.3) is 0 Å². The first-order chi connectivity index (χ1) is 8.13. The van der Waals surface area contributed by atoms with Gasteiger partial charge < -0.3 is 10.0 Å². The van der Waals surface area contributed by atoms with Crippen LogP contribution in [0.5, 0.6) is 0 Å². The summed E-state index contributed by atoms with van der Waals surface area (Å²) in [7, 11) is 0. The van der Waals surface area contributed by atoms with Gasteiger partial charge in [-0.05, 0) is 31.6 Å². The number of rotatable bonds is 3. The zero-order valence-electron chi connectivity index (χ0n) is 10.4. The summed E-state index contributed by atoms with van der Waals surface area (Å²) < 4.78 is 0. The molecular weight excluding hydrogens is 218 g/mol. The smallest absolute Gasteiger partial charge is 0.307 e. The first-order valence-corrected chi connectivity index (χ1v) is 6.65. The van der Waals surface area contributed by atoms with Crippen molar-refractivity contribution in [3.8, 4) is 0 Å². The molecule has 0 spiro atoms. The number of aliphatic carboxylic acids is 1. The maximum atomic E-state index is 12.3. The molecule has 1 saturated heterocycles. The standard InChI is InChI=1S/C13H21NO3/c1-2-9-7-10(11(8-9)13(16)17)12(15)14-5-3-4-6-14/h9-11H,2-8H2,1H3,(H,16,17)/t9?,10-,11+/m0/s1. The number of nitrogens with zero attached hydrogens (tertiary/aromatic N) is 1. The average molecular weight is 239 g/mol. The Kier molecular flexibility index (Phi) is 3.69. The van der Waals surface area contributed by atoms with Crippen LogP contribution in [0.4, 0.5) is 0 Å². The van der Waals surface area contributed by atoms with Crippen molar-refractivity contribution in [3.63, 3.8) is 0 Å². The SMILES string of the molecule is CCC1C[C@H](C(=O)N2CCCC2)[C@H](C(=O)O)C1. The molecule has 3 atom stereocenters. The van der Waals surface area contributed by atoms with Crippen LogP contribution < -0.4 is 0 Å². The Balaban J connectivity index is 2.06. The number of hydrogen-bond donors (Lipinski definition) is 1. The number of carboxylic acid groups (broad SMARTS) is 1. The van der Waals surface area contributed by atoms with E-state index in [4.69, 9.17) is 0 Å². The van der Waals surface area contributed by atoms with Gasteiger partial charge in [-0.3, -0.25) is 9.59 Å². The van der Waals surface area contributed by atoms with E-state index in [0.717, 1.165) is 38.8 Å². The molecule has 1 heterocycles. The molecule has 1 aliphatic carbocycles. The van der Waals surface area contributed by atoms with Gasteiger partial charge in [-0.1, -0.05) is 13.3 Å². The number of carbonyl (C=O) groups is 2. The molecule has 2 aliphatic rings. The summed E-state index contributed by atoms with van der Waals surface area (Å²) in [6, 6.07) is 0. The second-order valence-corrected chi connectivity index (χ2v) is 5.33. The second kappa shape index (κ2) is 5.07. The number of amides is 1. The van der Waals surface area contributed by atoms with Crippen LogP contribution in [-0.4, -0.2) is 35.0 Å². The molecule has 17 heavy (non-hydrogen) atoms. The van der Waals surface area contributed by atoms with Gasteiger partial charge in [0, 0.05) is 13.1 Å². The minimum atomic E-state index is -0.793. The Labute approximate surface area is 102 Å². The van der Waals surface area contributed by atoms with Gasteiger partial charge in [-0.25, -0.2) is 0 Å². The number of carboxylic acids is 1. The molecule has 1 unspecified atom stereocenters.